The predicted octanol–water partition coefficient (Wildman–Crippen LogP) is 2.26. The molecule has 2 N–H and O–H groups in total. The summed E-state index contributed by atoms with van der Waals surface area (Å²) in [6, 6.07) is 0.502. The zero-order valence-corrected chi connectivity index (χ0v) is 9.99. The van der Waals surface area contributed by atoms with Gasteiger partial charge in [-0.1, -0.05) is 19.8 Å². The van der Waals surface area contributed by atoms with Crippen LogP contribution < -0.4 is 5.32 Å². The molecule has 1 aliphatic rings. The minimum atomic E-state index is -0.714. The highest BCUT2D eigenvalue weighted by atomic mass is 16.4. The van der Waals surface area contributed by atoms with Crippen LogP contribution in [0, 0.1) is 11.8 Å². The number of aliphatic carboxylic acids is 1. The van der Waals surface area contributed by atoms with E-state index in [1.807, 2.05) is 6.92 Å². The Bertz CT molecular complexity index is 212. The van der Waals surface area contributed by atoms with Gasteiger partial charge >= 0.3 is 5.97 Å². The van der Waals surface area contributed by atoms with Gasteiger partial charge in [-0.05, 0) is 32.6 Å². The van der Waals surface area contributed by atoms with Crippen LogP contribution in [0.2, 0.25) is 0 Å². The van der Waals surface area contributed by atoms with Crippen molar-refractivity contribution in [1.29, 1.82) is 0 Å². The molecule has 0 aromatic rings. The average molecular weight is 213 g/mol. The van der Waals surface area contributed by atoms with Crippen molar-refractivity contribution < 1.29 is 9.90 Å². The molecule has 88 valence electrons. The molecular weight excluding hydrogens is 190 g/mol. The van der Waals surface area contributed by atoms with Gasteiger partial charge in [0.1, 0.15) is 0 Å². The number of rotatable bonds is 5. The number of nitrogens with one attached hydrogen (secondary N) is 1. The summed E-state index contributed by atoms with van der Waals surface area (Å²) in [7, 11) is 0. The van der Waals surface area contributed by atoms with Crippen LogP contribution in [0.3, 0.4) is 0 Å². The van der Waals surface area contributed by atoms with Gasteiger partial charge < -0.3 is 10.4 Å². The quantitative estimate of drug-likeness (QED) is 0.736. The molecule has 0 bridgehead atoms. The Kier molecular flexibility index (Phi) is 4.58. The molecule has 1 rings (SSSR count). The number of carbonyl (C=O) groups is 1. The molecule has 0 aromatic heterocycles. The zero-order chi connectivity index (χ0) is 11.4. The number of carboxylic acid groups (broad SMARTS) is 1. The maximum Gasteiger partial charge on any atom is 0.307 e. The van der Waals surface area contributed by atoms with E-state index in [-0.39, 0.29) is 12.0 Å². The maximum absolute atomic E-state index is 10.8. The molecule has 0 heterocycles. The van der Waals surface area contributed by atoms with E-state index in [1.165, 1.54) is 25.7 Å². The fourth-order valence-electron chi connectivity index (χ4n) is 2.37. The Morgan fingerprint density at radius 3 is 2.27 bits per heavy atom. The molecule has 0 aromatic carbocycles. The van der Waals surface area contributed by atoms with Crippen LogP contribution in [-0.4, -0.2) is 23.2 Å². The Labute approximate surface area is 92.3 Å². The Balaban J connectivity index is 2.36. The van der Waals surface area contributed by atoms with Crippen molar-refractivity contribution in [3.63, 3.8) is 0 Å². The van der Waals surface area contributed by atoms with E-state index in [0.29, 0.717) is 6.04 Å². The summed E-state index contributed by atoms with van der Waals surface area (Å²) in [4.78, 5) is 10.8. The Hall–Kier alpha value is -0.570. The first-order valence-electron chi connectivity index (χ1n) is 6.01. The van der Waals surface area contributed by atoms with E-state index >= 15 is 0 Å². The molecule has 0 spiro atoms. The molecule has 0 saturated heterocycles. The molecule has 0 aliphatic heterocycles. The highest BCUT2D eigenvalue weighted by molar-refractivity contribution is 5.70. The molecular formula is C12H23NO2. The SMILES string of the molecule is CC(N[C@H](C)C1CCCC1)C(C)C(=O)O. The van der Waals surface area contributed by atoms with Gasteiger partial charge in [0.15, 0.2) is 0 Å². The molecule has 3 nitrogen and oxygen atoms in total. The molecule has 0 radical (unpaired) electrons. The van der Waals surface area contributed by atoms with Crippen molar-refractivity contribution in [1.82, 2.24) is 5.32 Å². The van der Waals surface area contributed by atoms with E-state index in [1.54, 1.807) is 6.92 Å². The third kappa shape index (κ3) is 3.49. The topological polar surface area (TPSA) is 49.3 Å². The van der Waals surface area contributed by atoms with Crippen LogP contribution in [0.15, 0.2) is 0 Å². The smallest absolute Gasteiger partial charge is 0.307 e. The second-order valence-corrected chi connectivity index (χ2v) is 4.92. The normalized spacial score (nSPS) is 23.7. The zero-order valence-electron chi connectivity index (χ0n) is 9.99. The fourth-order valence-corrected chi connectivity index (χ4v) is 2.37. The van der Waals surface area contributed by atoms with Gasteiger partial charge in [-0.2, -0.15) is 0 Å². The van der Waals surface area contributed by atoms with Crippen molar-refractivity contribution in [2.45, 2.75) is 58.5 Å². The highest BCUT2D eigenvalue weighted by Crippen LogP contribution is 2.27. The second kappa shape index (κ2) is 5.50. The second-order valence-electron chi connectivity index (χ2n) is 4.92. The summed E-state index contributed by atoms with van der Waals surface area (Å²) in [5.74, 6) is -0.282. The first-order chi connectivity index (χ1) is 7.02. The van der Waals surface area contributed by atoms with Crippen molar-refractivity contribution in [2.75, 3.05) is 0 Å². The summed E-state index contributed by atoms with van der Waals surface area (Å²) in [6.07, 6.45) is 5.25. The van der Waals surface area contributed by atoms with Crippen LogP contribution in [-0.2, 0) is 4.79 Å². The minimum absolute atomic E-state index is 0.0538. The Morgan fingerprint density at radius 2 is 1.80 bits per heavy atom. The van der Waals surface area contributed by atoms with Gasteiger partial charge in [0.2, 0.25) is 0 Å². The third-order valence-electron chi connectivity index (χ3n) is 3.77. The lowest BCUT2D eigenvalue weighted by molar-refractivity contribution is -0.142. The van der Waals surface area contributed by atoms with Crippen molar-refractivity contribution >= 4 is 5.97 Å². The van der Waals surface area contributed by atoms with E-state index < -0.39 is 5.97 Å². The summed E-state index contributed by atoms with van der Waals surface area (Å²) in [5.41, 5.74) is 0. The van der Waals surface area contributed by atoms with E-state index in [9.17, 15) is 4.79 Å². The standard InChI is InChI=1S/C12H23NO2/c1-8(12(14)15)9(2)13-10(3)11-6-4-5-7-11/h8-11,13H,4-7H2,1-3H3,(H,14,15)/t8?,9?,10-/m1/s1. The van der Waals surface area contributed by atoms with Gasteiger partial charge in [0, 0.05) is 12.1 Å². The van der Waals surface area contributed by atoms with E-state index in [4.69, 9.17) is 5.11 Å². The first kappa shape index (κ1) is 12.5. The summed E-state index contributed by atoms with van der Waals surface area (Å²) >= 11 is 0. The summed E-state index contributed by atoms with van der Waals surface area (Å²) in [6.45, 7) is 5.91. The Morgan fingerprint density at radius 1 is 1.27 bits per heavy atom. The highest BCUT2D eigenvalue weighted by Gasteiger charge is 2.26. The van der Waals surface area contributed by atoms with Crippen LogP contribution in [0.1, 0.15) is 46.5 Å². The van der Waals surface area contributed by atoms with Gasteiger partial charge in [-0.25, -0.2) is 0 Å². The van der Waals surface area contributed by atoms with Gasteiger partial charge in [-0.15, -0.1) is 0 Å². The molecule has 2 unspecified atom stereocenters. The van der Waals surface area contributed by atoms with Crippen molar-refractivity contribution in [3.8, 4) is 0 Å². The van der Waals surface area contributed by atoms with Gasteiger partial charge in [0.25, 0.3) is 0 Å². The van der Waals surface area contributed by atoms with Crippen LogP contribution in [0.4, 0.5) is 0 Å². The predicted molar refractivity (Wildman–Crippen MR) is 60.8 cm³/mol. The van der Waals surface area contributed by atoms with Crippen LogP contribution >= 0.6 is 0 Å². The van der Waals surface area contributed by atoms with Gasteiger partial charge in [-0.3, -0.25) is 4.79 Å². The van der Waals surface area contributed by atoms with E-state index in [2.05, 4.69) is 12.2 Å². The number of hydrogen-bond donors (Lipinski definition) is 2. The molecule has 0 amide bonds. The van der Waals surface area contributed by atoms with Crippen LogP contribution in [0.25, 0.3) is 0 Å². The fraction of sp³-hybridized carbons (Fsp3) is 0.917. The summed E-state index contributed by atoms with van der Waals surface area (Å²) in [5, 5.41) is 12.3. The molecule has 1 saturated carbocycles. The largest absolute Gasteiger partial charge is 0.481 e. The summed E-state index contributed by atoms with van der Waals surface area (Å²) < 4.78 is 0. The third-order valence-corrected chi connectivity index (χ3v) is 3.77. The number of hydrogen-bond acceptors (Lipinski definition) is 2. The first-order valence-corrected chi connectivity index (χ1v) is 6.01. The molecule has 3 atom stereocenters. The van der Waals surface area contributed by atoms with Gasteiger partial charge in [0.05, 0.1) is 5.92 Å². The number of carboxylic acids is 1. The molecule has 1 fully saturated rings. The minimum Gasteiger partial charge on any atom is -0.481 e. The van der Waals surface area contributed by atoms with E-state index in [0.717, 1.165) is 5.92 Å². The molecule has 15 heavy (non-hydrogen) atoms. The van der Waals surface area contributed by atoms with Crippen molar-refractivity contribution in [2.24, 2.45) is 11.8 Å². The molecule has 3 heteroatoms. The lowest BCUT2D eigenvalue weighted by Gasteiger charge is -2.26. The van der Waals surface area contributed by atoms with Crippen molar-refractivity contribution in [3.05, 3.63) is 0 Å². The lowest BCUT2D eigenvalue weighted by atomic mass is 9.96. The van der Waals surface area contributed by atoms with Crippen LogP contribution in [0.5, 0.6) is 0 Å². The maximum atomic E-state index is 10.8. The lowest BCUT2D eigenvalue weighted by Crippen LogP contribution is -2.44. The average Bonchev–Trinajstić information content (AvgIpc) is 2.68. The molecule has 1 aliphatic carbocycles. The monoisotopic (exact) mass is 213 g/mol.